The Balaban J connectivity index is 1.65. The van der Waals surface area contributed by atoms with Crippen LogP contribution in [0, 0.1) is 50.2 Å². The fourth-order valence-electron chi connectivity index (χ4n) is 11.0. The van der Waals surface area contributed by atoms with Crippen LogP contribution in [0.25, 0.3) is 0 Å². The lowest BCUT2D eigenvalue weighted by molar-refractivity contribution is -0.242. The minimum Gasteiger partial charge on any atom is -0.468 e. The summed E-state index contributed by atoms with van der Waals surface area (Å²) in [6, 6.07) is 0. The summed E-state index contributed by atoms with van der Waals surface area (Å²) in [6.07, 6.45) is 3.98. The van der Waals surface area contributed by atoms with E-state index >= 15 is 0 Å². The van der Waals surface area contributed by atoms with Gasteiger partial charge in [0.2, 0.25) is 0 Å². The molecule has 0 radical (unpaired) electrons. The van der Waals surface area contributed by atoms with Crippen molar-refractivity contribution < 1.29 is 30.0 Å². The highest BCUT2D eigenvalue weighted by Crippen LogP contribution is 2.75. The molecule has 6 heteroatoms. The van der Waals surface area contributed by atoms with E-state index < -0.39 is 35.8 Å². The van der Waals surface area contributed by atoms with Crippen molar-refractivity contribution in [2.75, 3.05) is 7.11 Å². The molecule has 6 nitrogen and oxygen atoms in total. The highest BCUT2D eigenvalue weighted by molar-refractivity contribution is 5.79. The molecule has 0 amide bonds. The van der Waals surface area contributed by atoms with E-state index in [9.17, 15) is 25.2 Å². The van der Waals surface area contributed by atoms with Crippen molar-refractivity contribution in [3.05, 3.63) is 11.6 Å². The Bertz CT molecular complexity index is 1000. The van der Waals surface area contributed by atoms with Gasteiger partial charge in [-0.2, -0.15) is 0 Å². The van der Waals surface area contributed by atoms with Crippen LogP contribution in [0.5, 0.6) is 0 Å². The molecular weight excluding hydrogens is 468 g/mol. The molecule has 0 aromatic carbocycles. The summed E-state index contributed by atoms with van der Waals surface area (Å²) in [6.45, 7) is 15.4. The van der Waals surface area contributed by atoms with Gasteiger partial charge in [-0.3, -0.25) is 4.79 Å². The standard InChI is InChI=1S/C31H50O6/c1-26(2)13-18-17-9-10-21-28(5)14-19(32)24(35)27(3,4)20(28)11-12-29(21,6)30(17,7)15-23(34)31(18,16-22(26)33)25(36)37-8/h9,18-24,32-35H,10-16H2,1-8H3/t18-,19-,20-,21+,22-,23-,24-,28-,29+,30+,31+/m0/s1. The zero-order valence-corrected chi connectivity index (χ0v) is 24.2. The van der Waals surface area contributed by atoms with Crippen LogP contribution in [-0.2, 0) is 9.53 Å². The number of carbonyl (C=O) groups excluding carboxylic acids is 1. The molecule has 5 rings (SSSR count). The first-order chi connectivity index (χ1) is 16.9. The zero-order valence-electron chi connectivity index (χ0n) is 24.2. The first-order valence-corrected chi connectivity index (χ1v) is 14.4. The molecule has 0 aromatic heterocycles. The van der Waals surface area contributed by atoms with Crippen molar-refractivity contribution in [3.63, 3.8) is 0 Å². The maximum atomic E-state index is 13.4. The number of aliphatic hydroxyl groups excluding tert-OH is 4. The van der Waals surface area contributed by atoms with E-state index in [1.807, 2.05) is 0 Å². The number of esters is 1. The quantitative estimate of drug-likeness (QED) is 0.306. The Labute approximate surface area is 222 Å². The number of allylic oxidation sites excluding steroid dienone is 2. The number of carbonyl (C=O) groups is 1. The fourth-order valence-corrected chi connectivity index (χ4v) is 11.0. The van der Waals surface area contributed by atoms with Gasteiger partial charge < -0.3 is 25.2 Å². The second-order valence-corrected chi connectivity index (χ2v) is 15.5. The number of fused-ring (bicyclic) bond motifs is 7. The molecule has 0 aromatic rings. The average molecular weight is 519 g/mol. The normalized spacial score (nSPS) is 54.1. The molecule has 5 aliphatic carbocycles. The van der Waals surface area contributed by atoms with Gasteiger partial charge in [-0.1, -0.05) is 60.1 Å². The molecule has 4 N–H and O–H groups in total. The van der Waals surface area contributed by atoms with E-state index in [-0.39, 0.29) is 45.3 Å². The summed E-state index contributed by atoms with van der Waals surface area (Å²) in [5, 5.41) is 44.9. The summed E-state index contributed by atoms with van der Waals surface area (Å²) in [7, 11) is 1.39. The van der Waals surface area contributed by atoms with E-state index in [2.05, 4.69) is 54.5 Å². The molecule has 37 heavy (non-hydrogen) atoms. The van der Waals surface area contributed by atoms with Gasteiger partial charge in [0.15, 0.2) is 0 Å². The lowest BCUT2D eigenvalue weighted by Crippen LogP contribution is -2.69. The highest BCUT2D eigenvalue weighted by Gasteiger charge is 2.72. The van der Waals surface area contributed by atoms with Gasteiger partial charge in [0.1, 0.15) is 5.41 Å². The Morgan fingerprint density at radius 3 is 2.16 bits per heavy atom. The van der Waals surface area contributed by atoms with Gasteiger partial charge in [0, 0.05) is 0 Å². The molecule has 0 heterocycles. The van der Waals surface area contributed by atoms with Crippen LogP contribution in [0.3, 0.4) is 0 Å². The molecular formula is C31H50O6. The summed E-state index contributed by atoms with van der Waals surface area (Å²) in [5.74, 6) is -0.0161. The fraction of sp³-hybridized carbons (Fsp3) is 0.903. The maximum Gasteiger partial charge on any atom is 0.315 e. The molecule has 0 saturated heterocycles. The number of ether oxygens (including phenoxy) is 1. The smallest absolute Gasteiger partial charge is 0.315 e. The second kappa shape index (κ2) is 8.05. The minimum absolute atomic E-state index is 0.135. The molecule has 4 saturated carbocycles. The number of aliphatic hydroxyl groups is 4. The van der Waals surface area contributed by atoms with Gasteiger partial charge in [-0.25, -0.2) is 0 Å². The van der Waals surface area contributed by atoms with Crippen LogP contribution in [0.1, 0.15) is 93.4 Å². The van der Waals surface area contributed by atoms with Crippen molar-refractivity contribution in [3.8, 4) is 0 Å². The number of methoxy groups -OCH3 is 1. The minimum atomic E-state index is -1.13. The van der Waals surface area contributed by atoms with Crippen molar-refractivity contribution in [1.82, 2.24) is 0 Å². The second-order valence-electron chi connectivity index (χ2n) is 15.5. The third-order valence-corrected chi connectivity index (χ3v) is 13.4. The molecule has 4 fully saturated rings. The SMILES string of the molecule is COC(=O)[C@]12C[C@H](O)C(C)(C)C[C@H]1C1=CC[C@@H]3[C@@]4(C)C[C@H](O)[C@H](O)C(C)(C)[C@@H]4CC[C@@]3(C)[C@]1(C)C[C@@H]2O. The van der Waals surface area contributed by atoms with Gasteiger partial charge >= 0.3 is 5.97 Å². The molecule has 5 aliphatic rings. The van der Waals surface area contributed by atoms with Crippen molar-refractivity contribution in [1.29, 1.82) is 0 Å². The lowest BCUT2D eigenvalue weighted by atomic mass is 9.33. The summed E-state index contributed by atoms with van der Waals surface area (Å²) in [4.78, 5) is 13.4. The Hall–Kier alpha value is -0.950. The lowest BCUT2D eigenvalue weighted by Gasteiger charge is -2.72. The third kappa shape index (κ3) is 3.22. The molecule has 0 unspecified atom stereocenters. The highest BCUT2D eigenvalue weighted by atomic mass is 16.5. The van der Waals surface area contributed by atoms with E-state index in [0.717, 1.165) is 19.3 Å². The van der Waals surface area contributed by atoms with Crippen LogP contribution >= 0.6 is 0 Å². The largest absolute Gasteiger partial charge is 0.468 e. The van der Waals surface area contributed by atoms with Gasteiger partial charge in [-0.05, 0) is 89.8 Å². The summed E-state index contributed by atoms with van der Waals surface area (Å²) in [5.41, 5.74) is -1.24. The third-order valence-electron chi connectivity index (χ3n) is 13.4. The first kappa shape index (κ1) is 27.6. The van der Waals surface area contributed by atoms with Gasteiger partial charge in [-0.15, -0.1) is 0 Å². The predicted molar refractivity (Wildman–Crippen MR) is 141 cm³/mol. The van der Waals surface area contributed by atoms with Crippen molar-refractivity contribution in [2.45, 2.75) is 118 Å². The van der Waals surface area contributed by atoms with Crippen LogP contribution in [0.4, 0.5) is 0 Å². The van der Waals surface area contributed by atoms with E-state index in [1.165, 1.54) is 12.7 Å². The number of hydrogen-bond acceptors (Lipinski definition) is 6. The Morgan fingerprint density at radius 2 is 1.54 bits per heavy atom. The molecule has 0 spiro atoms. The van der Waals surface area contributed by atoms with Crippen LogP contribution in [-0.4, -0.2) is 57.9 Å². The monoisotopic (exact) mass is 518 g/mol. The molecule has 0 bridgehead atoms. The van der Waals surface area contributed by atoms with Crippen LogP contribution in [0.15, 0.2) is 11.6 Å². The van der Waals surface area contributed by atoms with E-state index in [4.69, 9.17) is 4.74 Å². The molecule has 0 aliphatic heterocycles. The van der Waals surface area contributed by atoms with Crippen LogP contribution in [0.2, 0.25) is 0 Å². The van der Waals surface area contributed by atoms with Crippen molar-refractivity contribution in [2.24, 2.45) is 50.2 Å². The molecule has 11 atom stereocenters. The number of hydrogen-bond donors (Lipinski definition) is 4. The van der Waals surface area contributed by atoms with Gasteiger partial charge in [0.05, 0.1) is 31.5 Å². The zero-order chi connectivity index (χ0) is 27.6. The Kier molecular flexibility index (Phi) is 6.01. The summed E-state index contributed by atoms with van der Waals surface area (Å²) < 4.78 is 5.32. The first-order valence-electron chi connectivity index (χ1n) is 14.4. The Morgan fingerprint density at radius 1 is 0.892 bits per heavy atom. The average Bonchev–Trinajstić information content (AvgIpc) is 2.79. The topological polar surface area (TPSA) is 107 Å². The molecule has 210 valence electrons. The van der Waals surface area contributed by atoms with E-state index in [0.29, 0.717) is 25.2 Å². The summed E-state index contributed by atoms with van der Waals surface area (Å²) >= 11 is 0. The maximum absolute atomic E-state index is 13.4. The number of rotatable bonds is 1. The van der Waals surface area contributed by atoms with E-state index in [1.54, 1.807) is 0 Å². The predicted octanol–water partition coefficient (Wildman–Crippen LogP) is 4.23. The van der Waals surface area contributed by atoms with Crippen molar-refractivity contribution >= 4 is 5.97 Å². The van der Waals surface area contributed by atoms with Crippen LogP contribution < -0.4 is 0 Å². The van der Waals surface area contributed by atoms with Gasteiger partial charge in [0.25, 0.3) is 0 Å².